The molecule has 1 unspecified atom stereocenters. The lowest BCUT2D eigenvalue weighted by Gasteiger charge is -2.15. The zero-order chi connectivity index (χ0) is 28.2. The van der Waals surface area contributed by atoms with Gasteiger partial charge in [-0.15, -0.1) is 0 Å². The van der Waals surface area contributed by atoms with Gasteiger partial charge in [0.15, 0.2) is 0 Å². The lowest BCUT2D eigenvalue weighted by Crippen LogP contribution is -2.38. The summed E-state index contributed by atoms with van der Waals surface area (Å²) in [5, 5.41) is 5.02. The van der Waals surface area contributed by atoms with Gasteiger partial charge in [0.05, 0.1) is 25.7 Å². The fourth-order valence-corrected chi connectivity index (χ4v) is 4.47. The molecule has 0 saturated carbocycles. The molecule has 9 nitrogen and oxygen atoms in total. The molecule has 0 aromatic heterocycles. The largest absolute Gasteiger partial charge is 0.461 e. The second-order valence-corrected chi connectivity index (χ2v) is 9.36. The number of amides is 2. The van der Waals surface area contributed by atoms with Crippen LogP contribution in [0.5, 0.6) is 0 Å². The van der Waals surface area contributed by atoms with Crippen LogP contribution in [-0.2, 0) is 35.1 Å². The van der Waals surface area contributed by atoms with Crippen LogP contribution in [0.15, 0.2) is 78.9 Å². The van der Waals surface area contributed by atoms with E-state index in [1.807, 2.05) is 66.7 Å². The standard InChI is InChI=1S/C31H34N2O7/c1-22(17-30(35)39-19-23-9-3-2-4-10-23)38-16-15-37-21-33-29(34)18-32-31(36)40-20-28-26-13-7-5-11-24(26)25-12-6-8-14-27(25)28/h2-14,22,28H,15-21H2,1H3,(H,32,36)(H,33,34). The minimum atomic E-state index is -0.664. The number of benzene rings is 3. The summed E-state index contributed by atoms with van der Waals surface area (Å²) in [6, 6.07) is 25.6. The van der Waals surface area contributed by atoms with Crippen LogP contribution >= 0.6 is 0 Å². The van der Waals surface area contributed by atoms with Crippen LogP contribution in [0.1, 0.15) is 36.0 Å². The predicted molar refractivity (Wildman–Crippen MR) is 148 cm³/mol. The third-order valence-electron chi connectivity index (χ3n) is 6.44. The van der Waals surface area contributed by atoms with Gasteiger partial charge in [-0.05, 0) is 34.7 Å². The zero-order valence-corrected chi connectivity index (χ0v) is 22.5. The molecule has 1 aliphatic carbocycles. The summed E-state index contributed by atoms with van der Waals surface area (Å²) in [5.74, 6) is -0.803. The van der Waals surface area contributed by atoms with Gasteiger partial charge >= 0.3 is 12.1 Å². The number of esters is 1. The summed E-state index contributed by atoms with van der Waals surface area (Å²) in [6.07, 6.45) is -0.865. The number of hydrogen-bond donors (Lipinski definition) is 2. The first-order valence-corrected chi connectivity index (χ1v) is 13.3. The van der Waals surface area contributed by atoms with Crippen molar-refractivity contribution >= 4 is 18.0 Å². The van der Waals surface area contributed by atoms with E-state index in [9.17, 15) is 14.4 Å². The van der Waals surface area contributed by atoms with E-state index in [0.717, 1.165) is 27.8 Å². The van der Waals surface area contributed by atoms with Gasteiger partial charge < -0.3 is 29.6 Å². The van der Waals surface area contributed by atoms with E-state index in [1.54, 1.807) is 6.92 Å². The van der Waals surface area contributed by atoms with Crippen LogP contribution in [0.2, 0.25) is 0 Å². The molecule has 1 atom stereocenters. The molecule has 40 heavy (non-hydrogen) atoms. The SMILES string of the molecule is CC(CC(=O)OCc1ccccc1)OCCOCNC(=O)CNC(=O)OCC1c2ccccc2-c2ccccc21. The molecule has 3 aromatic rings. The topological polar surface area (TPSA) is 112 Å². The van der Waals surface area contributed by atoms with Gasteiger partial charge in [0.1, 0.15) is 26.5 Å². The molecule has 3 aromatic carbocycles. The maximum atomic E-state index is 12.2. The second-order valence-electron chi connectivity index (χ2n) is 9.36. The van der Waals surface area contributed by atoms with Crippen molar-refractivity contribution in [1.29, 1.82) is 0 Å². The highest BCUT2D eigenvalue weighted by molar-refractivity contribution is 5.82. The number of hydrogen-bond acceptors (Lipinski definition) is 7. The lowest BCUT2D eigenvalue weighted by atomic mass is 9.98. The van der Waals surface area contributed by atoms with E-state index in [4.69, 9.17) is 18.9 Å². The molecule has 0 bridgehead atoms. The molecule has 0 saturated heterocycles. The van der Waals surface area contributed by atoms with Crippen molar-refractivity contribution in [2.45, 2.75) is 32.0 Å². The van der Waals surface area contributed by atoms with Gasteiger partial charge in [-0.3, -0.25) is 9.59 Å². The van der Waals surface area contributed by atoms with Crippen LogP contribution in [0.4, 0.5) is 4.79 Å². The van der Waals surface area contributed by atoms with Crippen LogP contribution < -0.4 is 10.6 Å². The fraction of sp³-hybridized carbons (Fsp3) is 0.323. The van der Waals surface area contributed by atoms with Crippen LogP contribution in [0.25, 0.3) is 11.1 Å². The average molecular weight is 547 g/mol. The fourth-order valence-electron chi connectivity index (χ4n) is 4.47. The molecular weight excluding hydrogens is 512 g/mol. The molecule has 0 radical (unpaired) electrons. The molecule has 9 heteroatoms. The van der Waals surface area contributed by atoms with Crippen LogP contribution in [-0.4, -0.2) is 57.2 Å². The van der Waals surface area contributed by atoms with Crippen molar-refractivity contribution in [3.63, 3.8) is 0 Å². The molecule has 0 fully saturated rings. The summed E-state index contributed by atoms with van der Waals surface area (Å²) >= 11 is 0. The number of carbonyl (C=O) groups excluding carboxylic acids is 3. The first-order valence-electron chi connectivity index (χ1n) is 13.3. The van der Waals surface area contributed by atoms with Crippen molar-refractivity contribution < 1.29 is 33.3 Å². The van der Waals surface area contributed by atoms with Gasteiger partial charge in [0.2, 0.25) is 5.91 Å². The summed E-state index contributed by atoms with van der Waals surface area (Å²) in [5.41, 5.74) is 5.45. The number of carbonyl (C=O) groups is 3. The molecule has 0 spiro atoms. The number of nitrogens with one attached hydrogen (secondary N) is 2. The monoisotopic (exact) mass is 546 g/mol. The minimum Gasteiger partial charge on any atom is -0.461 e. The normalized spacial score (nSPS) is 12.6. The zero-order valence-electron chi connectivity index (χ0n) is 22.5. The Morgan fingerprint density at radius 1 is 0.800 bits per heavy atom. The molecule has 2 amide bonds. The second kappa shape index (κ2) is 14.8. The Balaban J connectivity index is 1.03. The van der Waals surface area contributed by atoms with E-state index in [2.05, 4.69) is 22.8 Å². The minimum absolute atomic E-state index is 0.0396. The quantitative estimate of drug-likeness (QED) is 0.177. The molecular formula is C31H34N2O7. The first-order chi connectivity index (χ1) is 19.5. The van der Waals surface area contributed by atoms with Crippen molar-refractivity contribution in [3.8, 4) is 11.1 Å². The Labute approximate surface area is 233 Å². The summed E-state index contributed by atoms with van der Waals surface area (Å²) in [6.45, 7) is 2.38. The first kappa shape index (κ1) is 28.8. The lowest BCUT2D eigenvalue weighted by molar-refractivity contribution is -0.148. The molecule has 4 rings (SSSR count). The van der Waals surface area contributed by atoms with Gasteiger partial charge in [-0.2, -0.15) is 0 Å². The van der Waals surface area contributed by atoms with E-state index in [1.165, 1.54) is 0 Å². The Bertz CT molecular complexity index is 1240. The van der Waals surface area contributed by atoms with Crippen LogP contribution in [0, 0.1) is 0 Å². The number of ether oxygens (including phenoxy) is 4. The number of fused-ring (bicyclic) bond motifs is 3. The third kappa shape index (κ3) is 8.39. The third-order valence-corrected chi connectivity index (χ3v) is 6.44. The Hall–Kier alpha value is -4.21. The smallest absolute Gasteiger partial charge is 0.407 e. The van der Waals surface area contributed by atoms with Gasteiger partial charge in [0.25, 0.3) is 0 Å². The molecule has 1 aliphatic rings. The van der Waals surface area contributed by atoms with E-state index < -0.39 is 12.0 Å². The van der Waals surface area contributed by atoms with Crippen molar-refractivity contribution in [1.82, 2.24) is 10.6 Å². The van der Waals surface area contributed by atoms with Gasteiger partial charge in [-0.1, -0.05) is 78.9 Å². The highest BCUT2D eigenvalue weighted by Crippen LogP contribution is 2.44. The summed E-state index contributed by atoms with van der Waals surface area (Å²) in [4.78, 5) is 36.2. The van der Waals surface area contributed by atoms with E-state index in [0.29, 0.717) is 0 Å². The van der Waals surface area contributed by atoms with Crippen molar-refractivity contribution in [3.05, 3.63) is 95.6 Å². The average Bonchev–Trinajstić information content (AvgIpc) is 3.29. The van der Waals surface area contributed by atoms with Crippen LogP contribution in [0.3, 0.4) is 0 Å². The molecule has 210 valence electrons. The maximum absolute atomic E-state index is 12.2. The molecule has 2 N–H and O–H groups in total. The summed E-state index contributed by atoms with van der Waals surface area (Å²) in [7, 11) is 0. The Morgan fingerprint density at radius 2 is 1.45 bits per heavy atom. The van der Waals surface area contributed by atoms with Crippen molar-refractivity contribution in [2.24, 2.45) is 0 Å². The predicted octanol–water partition coefficient (Wildman–Crippen LogP) is 4.15. The molecule has 0 heterocycles. The highest BCUT2D eigenvalue weighted by atomic mass is 16.6. The summed E-state index contributed by atoms with van der Waals surface area (Å²) < 4.78 is 21.6. The molecule has 0 aliphatic heterocycles. The Kier molecular flexibility index (Phi) is 10.7. The van der Waals surface area contributed by atoms with E-state index in [-0.39, 0.29) is 64.1 Å². The van der Waals surface area contributed by atoms with Gasteiger partial charge in [-0.25, -0.2) is 4.79 Å². The number of rotatable bonds is 14. The highest BCUT2D eigenvalue weighted by Gasteiger charge is 2.29. The maximum Gasteiger partial charge on any atom is 0.407 e. The van der Waals surface area contributed by atoms with Crippen molar-refractivity contribution in [2.75, 3.05) is 33.1 Å². The number of alkyl carbamates (subject to hydrolysis) is 1. The van der Waals surface area contributed by atoms with Gasteiger partial charge in [0, 0.05) is 5.92 Å². The Morgan fingerprint density at radius 3 is 2.15 bits per heavy atom. The van der Waals surface area contributed by atoms with E-state index >= 15 is 0 Å².